The van der Waals surface area contributed by atoms with Gasteiger partial charge in [-0.15, -0.1) is 6.58 Å². The minimum absolute atomic E-state index is 0.424. The van der Waals surface area contributed by atoms with E-state index in [2.05, 4.69) is 51.6 Å². The number of hydrogen-bond donors (Lipinski definition) is 0. The summed E-state index contributed by atoms with van der Waals surface area (Å²) in [6.07, 6.45) is 5.77. The first kappa shape index (κ1) is 14.9. The molecule has 3 atom stereocenters. The topological polar surface area (TPSA) is 23.8 Å². The van der Waals surface area contributed by atoms with Gasteiger partial charge in [0.25, 0.3) is 0 Å². The first-order valence-electron chi connectivity index (χ1n) is 7.70. The second kappa shape index (κ2) is 6.27. The number of rotatable bonds is 5. The lowest BCUT2D eigenvalue weighted by Crippen LogP contribution is -2.12. The number of allylic oxidation sites excluding steroid dienone is 1. The van der Waals surface area contributed by atoms with Gasteiger partial charge >= 0.3 is 0 Å². The van der Waals surface area contributed by atoms with E-state index in [4.69, 9.17) is 5.26 Å². The van der Waals surface area contributed by atoms with Crippen molar-refractivity contribution in [2.24, 2.45) is 17.8 Å². The molecule has 20 heavy (non-hydrogen) atoms. The second-order valence-corrected chi connectivity index (χ2v) is 6.72. The Hall–Kier alpha value is -1.55. The van der Waals surface area contributed by atoms with Crippen LogP contribution in [0.1, 0.15) is 56.2 Å². The van der Waals surface area contributed by atoms with E-state index in [1.807, 2.05) is 6.07 Å². The summed E-state index contributed by atoms with van der Waals surface area (Å²) >= 11 is 0. The van der Waals surface area contributed by atoms with Crippen molar-refractivity contribution in [2.45, 2.75) is 46.0 Å². The predicted octanol–water partition coefficient (Wildman–Crippen LogP) is 5.07. The lowest BCUT2D eigenvalue weighted by Gasteiger charge is -2.22. The third kappa shape index (κ3) is 3.12. The molecule has 0 spiro atoms. The molecular formula is C19H25N. The largest absolute Gasteiger partial charge is 0.192 e. The molecule has 1 aromatic rings. The van der Waals surface area contributed by atoms with Crippen LogP contribution in [0.2, 0.25) is 0 Å². The molecule has 1 heteroatoms. The van der Waals surface area contributed by atoms with E-state index < -0.39 is 0 Å². The van der Waals surface area contributed by atoms with Crippen LogP contribution in [0.5, 0.6) is 0 Å². The van der Waals surface area contributed by atoms with Crippen LogP contribution < -0.4 is 0 Å². The lowest BCUT2D eigenvalue weighted by atomic mass is 9.83. The van der Waals surface area contributed by atoms with E-state index in [0.717, 1.165) is 23.8 Å². The Kier molecular flexibility index (Phi) is 4.65. The van der Waals surface area contributed by atoms with Gasteiger partial charge in [0.05, 0.1) is 11.6 Å². The normalized spacial score (nSPS) is 22.4. The SMILES string of the molecule is C=CC1c2cc(C#N)ccc2CC1CC(C)CC(C)C. The van der Waals surface area contributed by atoms with Crippen molar-refractivity contribution < 1.29 is 0 Å². The van der Waals surface area contributed by atoms with Crippen molar-refractivity contribution in [3.05, 3.63) is 47.5 Å². The van der Waals surface area contributed by atoms with E-state index in [1.54, 1.807) is 0 Å². The van der Waals surface area contributed by atoms with Crippen LogP contribution in [-0.2, 0) is 6.42 Å². The Balaban J connectivity index is 2.15. The summed E-state index contributed by atoms with van der Waals surface area (Å²) < 4.78 is 0. The fourth-order valence-corrected chi connectivity index (χ4v) is 3.79. The molecule has 1 aromatic carbocycles. The molecular weight excluding hydrogens is 242 g/mol. The van der Waals surface area contributed by atoms with Crippen LogP contribution in [0.15, 0.2) is 30.9 Å². The predicted molar refractivity (Wildman–Crippen MR) is 84.5 cm³/mol. The van der Waals surface area contributed by atoms with Crippen LogP contribution in [0.3, 0.4) is 0 Å². The lowest BCUT2D eigenvalue weighted by molar-refractivity contribution is 0.334. The average Bonchev–Trinajstić information content (AvgIpc) is 2.73. The summed E-state index contributed by atoms with van der Waals surface area (Å²) in [6.45, 7) is 11.0. The van der Waals surface area contributed by atoms with Gasteiger partial charge < -0.3 is 0 Å². The number of hydrogen-bond acceptors (Lipinski definition) is 1. The Labute approximate surface area is 123 Å². The van der Waals surface area contributed by atoms with Crippen LogP contribution >= 0.6 is 0 Å². The molecule has 1 aliphatic rings. The Morgan fingerprint density at radius 1 is 1.40 bits per heavy atom. The molecule has 2 rings (SSSR count). The van der Waals surface area contributed by atoms with Gasteiger partial charge in [0.2, 0.25) is 0 Å². The summed E-state index contributed by atoms with van der Waals surface area (Å²) in [5.74, 6) is 2.60. The molecule has 0 saturated heterocycles. The number of nitrogens with zero attached hydrogens (tertiary/aromatic N) is 1. The highest BCUT2D eigenvalue weighted by molar-refractivity contribution is 5.45. The Morgan fingerprint density at radius 3 is 2.75 bits per heavy atom. The molecule has 3 unspecified atom stereocenters. The zero-order chi connectivity index (χ0) is 14.7. The molecule has 0 radical (unpaired) electrons. The van der Waals surface area contributed by atoms with Gasteiger partial charge in [0.1, 0.15) is 0 Å². The quantitative estimate of drug-likeness (QED) is 0.683. The summed E-state index contributed by atoms with van der Waals surface area (Å²) in [6, 6.07) is 8.39. The number of benzene rings is 1. The van der Waals surface area contributed by atoms with Crippen molar-refractivity contribution >= 4 is 0 Å². The van der Waals surface area contributed by atoms with E-state index in [1.165, 1.54) is 24.0 Å². The number of nitriles is 1. The first-order chi connectivity index (χ1) is 9.55. The highest BCUT2D eigenvalue weighted by Gasteiger charge is 2.31. The van der Waals surface area contributed by atoms with Crippen LogP contribution in [0, 0.1) is 29.1 Å². The van der Waals surface area contributed by atoms with E-state index >= 15 is 0 Å². The molecule has 0 heterocycles. The van der Waals surface area contributed by atoms with Crippen molar-refractivity contribution in [1.82, 2.24) is 0 Å². The molecule has 0 N–H and O–H groups in total. The highest BCUT2D eigenvalue weighted by atomic mass is 14.4. The summed E-state index contributed by atoms with van der Waals surface area (Å²) in [7, 11) is 0. The highest BCUT2D eigenvalue weighted by Crippen LogP contribution is 2.42. The standard InChI is InChI=1S/C19H25N/c1-5-18-17(9-14(4)8-13(2)3)11-16-7-6-15(12-20)10-19(16)18/h5-7,10,13-14,17-18H,1,8-9,11H2,2-4H3. The van der Waals surface area contributed by atoms with E-state index in [-0.39, 0.29) is 0 Å². The van der Waals surface area contributed by atoms with E-state index in [0.29, 0.717) is 11.8 Å². The maximum atomic E-state index is 9.06. The summed E-state index contributed by atoms with van der Waals surface area (Å²) in [5, 5.41) is 9.06. The minimum atomic E-state index is 0.424. The van der Waals surface area contributed by atoms with E-state index in [9.17, 15) is 0 Å². The van der Waals surface area contributed by atoms with Crippen molar-refractivity contribution in [3.8, 4) is 6.07 Å². The minimum Gasteiger partial charge on any atom is -0.192 e. The monoisotopic (exact) mass is 267 g/mol. The van der Waals surface area contributed by atoms with Crippen molar-refractivity contribution in [1.29, 1.82) is 5.26 Å². The molecule has 1 aliphatic carbocycles. The molecule has 0 bridgehead atoms. The van der Waals surface area contributed by atoms with Gasteiger partial charge in [0, 0.05) is 5.92 Å². The van der Waals surface area contributed by atoms with Gasteiger partial charge in [-0.3, -0.25) is 0 Å². The fourth-order valence-electron chi connectivity index (χ4n) is 3.79. The molecule has 0 amide bonds. The average molecular weight is 267 g/mol. The third-order valence-corrected chi connectivity index (χ3v) is 4.46. The summed E-state index contributed by atoms with van der Waals surface area (Å²) in [4.78, 5) is 0. The van der Waals surface area contributed by atoms with Gasteiger partial charge in [-0.05, 0) is 60.3 Å². The third-order valence-electron chi connectivity index (χ3n) is 4.46. The fraction of sp³-hybridized carbons (Fsp3) is 0.526. The van der Waals surface area contributed by atoms with Crippen LogP contribution in [0.25, 0.3) is 0 Å². The summed E-state index contributed by atoms with van der Waals surface area (Å²) in [5.41, 5.74) is 3.52. The Bertz CT molecular complexity index is 521. The second-order valence-electron chi connectivity index (χ2n) is 6.72. The molecule has 0 aromatic heterocycles. The molecule has 0 fully saturated rings. The van der Waals surface area contributed by atoms with Crippen LogP contribution in [-0.4, -0.2) is 0 Å². The van der Waals surface area contributed by atoms with Crippen molar-refractivity contribution in [3.63, 3.8) is 0 Å². The van der Waals surface area contributed by atoms with Gasteiger partial charge in [-0.25, -0.2) is 0 Å². The maximum Gasteiger partial charge on any atom is 0.0991 e. The smallest absolute Gasteiger partial charge is 0.0991 e. The van der Waals surface area contributed by atoms with Crippen molar-refractivity contribution in [2.75, 3.05) is 0 Å². The first-order valence-corrected chi connectivity index (χ1v) is 7.70. The molecule has 0 saturated carbocycles. The molecule has 106 valence electrons. The van der Waals surface area contributed by atoms with Gasteiger partial charge in [0.15, 0.2) is 0 Å². The molecule has 0 aliphatic heterocycles. The van der Waals surface area contributed by atoms with Gasteiger partial charge in [-0.1, -0.05) is 32.9 Å². The van der Waals surface area contributed by atoms with Gasteiger partial charge in [-0.2, -0.15) is 5.26 Å². The Morgan fingerprint density at radius 2 is 2.15 bits per heavy atom. The van der Waals surface area contributed by atoms with Crippen LogP contribution in [0.4, 0.5) is 0 Å². The zero-order valence-corrected chi connectivity index (χ0v) is 12.9. The number of fused-ring (bicyclic) bond motifs is 1. The maximum absolute atomic E-state index is 9.06. The zero-order valence-electron chi connectivity index (χ0n) is 12.9. The molecule has 1 nitrogen and oxygen atoms in total.